The smallest absolute Gasteiger partial charge is 0.238 e. The number of hydrogen-bond acceptors (Lipinski definition) is 8. The fourth-order valence-corrected chi connectivity index (χ4v) is 5.33. The lowest BCUT2D eigenvalue weighted by molar-refractivity contribution is -0.278. The van der Waals surface area contributed by atoms with Gasteiger partial charge < -0.3 is 36.2 Å². The first-order valence-electron chi connectivity index (χ1n) is 11.0. The average Bonchev–Trinajstić information content (AvgIpc) is 2.64. The van der Waals surface area contributed by atoms with E-state index in [1.165, 1.54) is 13.8 Å². The summed E-state index contributed by atoms with van der Waals surface area (Å²) < 4.78 is 5.83. The Morgan fingerprint density at radius 3 is 2.47 bits per heavy atom. The van der Waals surface area contributed by atoms with Gasteiger partial charge in [-0.2, -0.15) is 0 Å². The van der Waals surface area contributed by atoms with E-state index >= 15 is 0 Å². The Bertz CT molecular complexity index is 600. The maximum absolute atomic E-state index is 13.4. The third-order valence-corrected chi connectivity index (χ3v) is 7.12. The molecule has 9 unspecified atom stereocenters. The zero-order chi connectivity index (χ0) is 23.0. The molecule has 7 N–H and O–H groups in total. The molecule has 1 amide bonds. The van der Waals surface area contributed by atoms with Crippen LogP contribution in [0.1, 0.15) is 53.9 Å². The van der Waals surface area contributed by atoms with E-state index in [9.17, 15) is 25.2 Å². The van der Waals surface area contributed by atoms with E-state index in [2.05, 4.69) is 19.2 Å². The normalized spacial score (nSPS) is 43.6. The number of aliphatic hydroxyl groups is 4. The third-order valence-electron chi connectivity index (χ3n) is 7.12. The summed E-state index contributed by atoms with van der Waals surface area (Å²) in [5.41, 5.74) is 2.43. The first-order valence-corrected chi connectivity index (χ1v) is 11.0. The van der Waals surface area contributed by atoms with Crippen molar-refractivity contribution < 1.29 is 30.0 Å². The number of nitrogens with one attached hydrogen (secondary N) is 1. The van der Waals surface area contributed by atoms with E-state index < -0.39 is 47.8 Å². The lowest BCUT2D eigenvalue weighted by atomic mass is 9.76. The van der Waals surface area contributed by atoms with Crippen LogP contribution >= 0.6 is 0 Å². The monoisotopic (exact) mass is 431 g/mol. The van der Waals surface area contributed by atoms with E-state index in [1.54, 1.807) is 6.92 Å². The highest BCUT2D eigenvalue weighted by molar-refractivity contribution is 5.82. The number of nitrogens with zero attached hydrogens (tertiary/aromatic N) is 1. The molecular weight excluding hydrogens is 390 g/mol. The lowest BCUT2D eigenvalue weighted by Gasteiger charge is -2.53. The second-order valence-electron chi connectivity index (χ2n) is 9.72. The van der Waals surface area contributed by atoms with E-state index in [-0.39, 0.29) is 11.8 Å². The molecule has 9 nitrogen and oxygen atoms in total. The summed E-state index contributed by atoms with van der Waals surface area (Å²) in [6.07, 6.45) is -2.11. The van der Waals surface area contributed by atoms with Crippen LogP contribution in [0.3, 0.4) is 0 Å². The summed E-state index contributed by atoms with van der Waals surface area (Å²) in [6.45, 7) is 9.32. The van der Waals surface area contributed by atoms with Gasteiger partial charge in [-0.1, -0.05) is 26.7 Å². The molecular formula is C21H41N3O6. The van der Waals surface area contributed by atoms with Crippen molar-refractivity contribution in [2.75, 3.05) is 13.6 Å². The molecule has 30 heavy (non-hydrogen) atoms. The first kappa shape index (κ1) is 25.5. The molecule has 0 saturated carbocycles. The fraction of sp³-hybridized carbons (Fsp3) is 0.952. The Hall–Kier alpha value is -0.810. The van der Waals surface area contributed by atoms with Crippen LogP contribution < -0.4 is 11.1 Å². The number of carbonyl (C=O) groups is 1. The molecule has 176 valence electrons. The largest absolute Gasteiger partial charge is 0.388 e. The van der Waals surface area contributed by atoms with Crippen molar-refractivity contribution in [2.24, 2.45) is 17.6 Å². The molecule has 0 spiro atoms. The Labute approximate surface area is 179 Å². The van der Waals surface area contributed by atoms with E-state index in [4.69, 9.17) is 10.5 Å². The highest BCUT2D eigenvalue weighted by atomic mass is 16.5. The molecule has 2 aliphatic rings. The fourth-order valence-electron chi connectivity index (χ4n) is 5.33. The second kappa shape index (κ2) is 9.36. The molecule has 2 aliphatic heterocycles. The van der Waals surface area contributed by atoms with Crippen LogP contribution in [-0.2, 0) is 9.53 Å². The highest BCUT2D eigenvalue weighted by Crippen LogP contribution is 2.36. The molecule has 2 heterocycles. The van der Waals surface area contributed by atoms with Gasteiger partial charge in [0.15, 0.2) is 0 Å². The van der Waals surface area contributed by atoms with Gasteiger partial charge in [0, 0.05) is 0 Å². The minimum absolute atomic E-state index is 0.100. The molecule has 0 radical (unpaired) electrons. The van der Waals surface area contributed by atoms with Gasteiger partial charge in [0.1, 0.15) is 35.7 Å². The van der Waals surface area contributed by atoms with Gasteiger partial charge in [-0.3, -0.25) is 9.69 Å². The Kier molecular flexibility index (Phi) is 7.94. The molecule has 0 bridgehead atoms. The van der Waals surface area contributed by atoms with Gasteiger partial charge in [0.05, 0.1) is 12.1 Å². The van der Waals surface area contributed by atoms with E-state index in [0.29, 0.717) is 5.92 Å². The van der Waals surface area contributed by atoms with E-state index in [0.717, 1.165) is 25.8 Å². The van der Waals surface area contributed by atoms with Crippen LogP contribution in [-0.4, -0.2) is 92.7 Å². The van der Waals surface area contributed by atoms with Crippen molar-refractivity contribution in [1.82, 2.24) is 10.2 Å². The first-order chi connectivity index (χ1) is 13.8. The van der Waals surface area contributed by atoms with Crippen LogP contribution in [0.5, 0.6) is 0 Å². The quantitative estimate of drug-likeness (QED) is 0.298. The summed E-state index contributed by atoms with van der Waals surface area (Å²) in [4.78, 5) is 15.4. The molecule has 2 saturated heterocycles. The Balaban J connectivity index is 2.31. The number of piperidine rings is 1. The van der Waals surface area contributed by atoms with E-state index in [1.807, 2.05) is 11.9 Å². The maximum Gasteiger partial charge on any atom is 0.238 e. The Morgan fingerprint density at radius 1 is 1.33 bits per heavy atom. The molecule has 0 aromatic rings. The van der Waals surface area contributed by atoms with Crippen molar-refractivity contribution in [1.29, 1.82) is 0 Å². The standard InChI is InChI=1S/C21H41N3O6/c1-7-8-13-9-10-24(6)14(11(13)2)18(28)23-19(21(5,22)29)20(4)17(27)16(26)15(25)12(3)30-20/h11-17,19,25-27,29H,7-10,22H2,1-6H3,(H,23,28)/t11?,12-,13?,14?,15?,16?,17?,19?,20?,21?/m1/s1. The van der Waals surface area contributed by atoms with Crippen molar-refractivity contribution >= 4 is 5.91 Å². The number of rotatable bonds is 6. The number of likely N-dealkylation sites (tertiary alicyclic amines) is 1. The number of amides is 1. The molecule has 2 fully saturated rings. The summed E-state index contributed by atoms with van der Waals surface area (Å²) >= 11 is 0. The number of hydrogen-bond donors (Lipinski definition) is 6. The maximum atomic E-state index is 13.4. The van der Waals surface area contributed by atoms with Crippen molar-refractivity contribution in [3.63, 3.8) is 0 Å². The van der Waals surface area contributed by atoms with Gasteiger partial charge in [0.2, 0.25) is 5.91 Å². The van der Waals surface area contributed by atoms with Crippen molar-refractivity contribution in [2.45, 2.75) is 102 Å². The minimum atomic E-state index is -1.95. The van der Waals surface area contributed by atoms with Gasteiger partial charge in [-0.15, -0.1) is 0 Å². The van der Waals surface area contributed by atoms with Crippen LogP contribution in [0.4, 0.5) is 0 Å². The molecule has 0 aliphatic carbocycles. The number of nitrogens with two attached hydrogens (primary N) is 1. The van der Waals surface area contributed by atoms with Crippen molar-refractivity contribution in [3.8, 4) is 0 Å². The second-order valence-corrected chi connectivity index (χ2v) is 9.72. The lowest BCUT2D eigenvalue weighted by Crippen LogP contribution is -2.76. The highest BCUT2D eigenvalue weighted by Gasteiger charge is 2.58. The molecule has 2 rings (SSSR count). The zero-order valence-electron chi connectivity index (χ0n) is 19.1. The topological polar surface area (TPSA) is 149 Å². The van der Waals surface area contributed by atoms with Crippen LogP contribution in [0.25, 0.3) is 0 Å². The van der Waals surface area contributed by atoms with Crippen LogP contribution in [0, 0.1) is 11.8 Å². The molecule has 0 aromatic heterocycles. The summed E-state index contributed by atoms with van der Waals surface area (Å²) in [7, 11) is 1.90. The molecule has 0 aromatic carbocycles. The predicted molar refractivity (Wildman–Crippen MR) is 112 cm³/mol. The van der Waals surface area contributed by atoms with Gasteiger partial charge in [0.25, 0.3) is 0 Å². The SMILES string of the molecule is CCCC1CCN(C)C(C(=O)NC(C(C)(N)O)C2(C)O[C@H](C)C(O)C(O)C2O)C1C. The summed E-state index contributed by atoms with van der Waals surface area (Å²) in [5, 5.41) is 44.5. The summed E-state index contributed by atoms with van der Waals surface area (Å²) in [6, 6.07) is -1.65. The van der Waals surface area contributed by atoms with Gasteiger partial charge in [-0.25, -0.2) is 0 Å². The third kappa shape index (κ3) is 4.82. The van der Waals surface area contributed by atoms with Gasteiger partial charge in [-0.05, 0) is 52.6 Å². The van der Waals surface area contributed by atoms with Crippen LogP contribution in [0.15, 0.2) is 0 Å². The average molecular weight is 432 g/mol. The molecule has 9 heteroatoms. The Morgan fingerprint density at radius 2 is 1.93 bits per heavy atom. The van der Waals surface area contributed by atoms with Crippen molar-refractivity contribution in [3.05, 3.63) is 0 Å². The number of carbonyl (C=O) groups excluding carboxylic acids is 1. The number of likely N-dealkylation sites (N-methyl/N-ethyl adjacent to an activating group) is 1. The number of aliphatic hydroxyl groups excluding tert-OH is 3. The number of ether oxygens (including phenoxy) is 1. The molecule has 10 atom stereocenters. The minimum Gasteiger partial charge on any atom is -0.388 e. The van der Waals surface area contributed by atoms with Gasteiger partial charge >= 0.3 is 0 Å². The summed E-state index contributed by atoms with van der Waals surface area (Å²) in [5.74, 6) is 0.207. The van der Waals surface area contributed by atoms with Crippen LogP contribution in [0.2, 0.25) is 0 Å². The predicted octanol–water partition coefficient (Wildman–Crippen LogP) is -0.845. The zero-order valence-corrected chi connectivity index (χ0v) is 19.1.